The van der Waals surface area contributed by atoms with Gasteiger partial charge in [-0.3, -0.25) is 4.79 Å². The summed E-state index contributed by atoms with van der Waals surface area (Å²) in [5.41, 5.74) is -0.475. The van der Waals surface area contributed by atoms with Gasteiger partial charge in [0.2, 0.25) is 0 Å². The molecule has 0 radical (unpaired) electrons. The van der Waals surface area contributed by atoms with Crippen LogP contribution in [0.15, 0.2) is 11.1 Å². The molecular weight excluding hydrogens is 373 g/mol. The van der Waals surface area contributed by atoms with Crippen LogP contribution in [0.1, 0.15) is 0 Å². The summed E-state index contributed by atoms with van der Waals surface area (Å²) >= 11 is 7.09. The molecule has 1 heterocycles. The van der Waals surface area contributed by atoms with E-state index in [1.54, 1.807) is 22.6 Å². The molecule has 0 aliphatic heterocycles. The van der Waals surface area contributed by atoms with Crippen molar-refractivity contribution in [1.82, 2.24) is 9.97 Å². The van der Waals surface area contributed by atoms with Crippen molar-refractivity contribution < 1.29 is 13.2 Å². The van der Waals surface area contributed by atoms with E-state index < -0.39 is 18.3 Å². The number of aromatic nitrogens is 2. The van der Waals surface area contributed by atoms with Crippen LogP contribution in [-0.2, 0) is 0 Å². The minimum Gasteiger partial charge on any atom is -0.345 e. The van der Waals surface area contributed by atoms with Crippen LogP contribution in [0, 0.1) is 3.57 Å². The standard InChI is InChI=1S/C8H8ClF3IN3O/c9-1-2-16(3-8(10,11)12)6-5(13)7(17)15-4-14-6/h4H,1-3H2,(H,14,15,17). The summed E-state index contributed by atoms with van der Waals surface area (Å²) in [6, 6.07) is 0. The van der Waals surface area contributed by atoms with Gasteiger partial charge in [-0.25, -0.2) is 4.98 Å². The highest BCUT2D eigenvalue weighted by Gasteiger charge is 2.32. The largest absolute Gasteiger partial charge is 0.405 e. The van der Waals surface area contributed by atoms with E-state index in [0.717, 1.165) is 11.2 Å². The minimum absolute atomic E-state index is 0.00711. The molecule has 0 atom stereocenters. The van der Waals surface area contributed by atoms with Gasteiger partial charge < -0.3 is 9.88 Å². The Kier molecular flexibility index (Phi) is 5.04. The molecule has 96 valence electrons. The summed E-state index contributed by atoms with van der Waals surface area (Å²) in [6.07, 6.45) is -3.31. The molecule has 1 aromatic rings. The monoisotopic (exact) mass is 381 g/mol. The molecule has 0 saturated carbocycles. The third-order valence-corrected chi connectivity index (χ3v) is 2.94. The zero-order valence-corrected chi connectivity index (χ0v) is 11.3. The predicted octanol–water partition coefficient (Wildman–Crippen LogP) is 1.98. The Morgan fingerprint density at radius 3 is 2.71 bits per heavy atom. The molecule has 9 heteroatoms. The third kappa shape index (κ3) is 4.34. The summed E-state index contributed by atoms with van der Waals surface area (Å²) in [5, 5.41) is 0. The molecule has 0 aromatic carbocycles. The van der Waals surface area contributed by atoms with E-state index in [9.17, 15) is 18.0 Å². The zero-order chi connectivity index (χ0) is 13.1. The van der Waals surface area contributed by atoms with Crippen LogP contribution in [0.25, 0.3) is 0 Å². The van der Waals surface area contributed by atoms with Gasteiger partial charge in [-0.2, -0.15) is 13.2 Å². The van der Waals surface area contributed by atoms with E-state index >= 15 is 0 Å². The number of aromatic amines is 1. The van der Waals surface area contributed by atoms with E-state index in [1.807, 2.05) is 0 Å². The molecule has 0 saturated heterocycles. The Hall–Kier alpha value is -0.510. The Bertz CT molecular complexity index is 437. The molecule has 0 amide bonds. The Labute approximate surface area is 113 Å². The summed E-state index contributed by atoms with van der Waals surface area (Å²) in [7, 11) is 0. The molecule has 0 unspecified atom stereocenters. The average Bonchev–Trinajstić information content (AvgIpc) is 2.19. The van der Waals surface area contributed by atoms with Crippen LogP contribution in [0.2, 0.25) is 0 Å². The lowest BCUT2D eigenvalue weighted by Gasteiger charge is -2.24. The fourth-order valence-corrected chi connectivity index (χ4v) is 2.01. The molecular formula is C8H8ClF3IN3O. The molecule has 0 fully saturated rings. The molecule has 0 aliphatic carbocycles. The van der Waals surface area contributed by atoms with Gasteiger partial charge in [-0.1, -0.05) is 0 Å². The highest BCUT2D eigenvalue weighted by atomic mass is 127. The van der Waals surface area contributed by atoms with Crippen LogP contribution in [0.5, 0.6) is 0 Å². The van der Waals surface area contributed by atoms with Gasteiger partial charge in [0, 0.05) is 12.4 Å². The molecule has 17 heavy (non-hydrogen) atoms. The first kappa shape index (κ1) is 14.6. The van der Waals surface area contributed by atoms with Gasteiger partial charge in [0.1, 0.15) is 15.9 Å². The van der Waals surface area contributed by atoms with E-state index in [2.05, 4.69) is 9.97 Å². The molecule has 4 nitrogen and oxygen atoms in total. The topological polar surface area (TPSA) is 49.0 Å². The maximum absolute atomic E-state index is 12.3. The van der Waals surface area contributed by atoms with Gasteiger partial charge in [0.25, 0.3) is 5.56 Å². The van der Waals surface area contributed by atoms with Crippen molar-refractivity contribution in [3.05, 3.63) is 20.3 Å². The fourth-order valence-electron chi connectivity index (χ4n) is 1.17. The quantitative estimate of drug-likeness (QED) is 0.641. The van der Waals surface area contributed by atoms with E-state index in [-0.39, 0.29) is 21.8 Å². The second-order valence-electron chi connectivity index (χ2n) is 3.09. The zero-order valence-electron chi connectivity index (χ0n) is 8.39. The lowest BCUT2D eigenvalue weighted by atomic mass is 10.4. The summed E-state index contributed by atoms with van der Waals surface area (Å²) in [4.78, 5) is 18.2. The van der Waals surface area contributed by atoms with Crippen molar-refractivity contribution in [2.75, 3.05) is 23.9 Å². The first-order valence-electron chi connectivity index (χ1n) is 4.46. The van der Waals surface area contributed by atoms with E-state index in [0.29, 0.717) is 0 Å². The maximum Gasteiger partial charge on any atom is 0.405 e. The fraction of sp³-hybridized carbons (Fsp3) is 0.500. The molecule has 0 aliphatic rings. The van der Waals surface area contributed by atoms with Gasteiger partial charge >= 0.3 is 6.18 Å². The predicted molar refractivity (Wildman–Crippen MR) is 66.6 cm³/mol. The number of halogens is 5. The number of rotatable bonds is 4. The summed E-state index contributed by atoms with van der Waals surface area (Å²) in [6.45, 7) is -1.22. The normalized spacial score (nSPS) is 11.6. The third-order valence-electron chi connectivity index (χ3n) is 1.80. The lowest BCUT2D eigenvalue weighted by molar-refractivity contribution is -0.119. The number of anilines is 1. The van der Waals surface area contributed by atoms with Crippen LogP contribution < -0.4 is 10.5 Å². The van der Waals surface area contributed by atoms with Crippen LogP contribution in [0.4, 0.5) is 19.0 Å². The van der Waals surface area contributed by atoms with Gasteiger partial charge in [0.15, 0.2) is 0 Å². The maximum atomic E-state index is 12.3. The van der Waals surface area contributed by atoms with Crippen molar-refractivity contribution in [2.24, 2.45) is 0 Å². The van der Waals surface area contributed by atoms with Crippen molar-refractivity contribution in [2.45, 2.75) is 6.18 Å². The number of hydrogen-bond donors (Lipinski definition) is 1. The first-order valence-corrected chi connectivity index (χ1v) is 6.07. The second kappa shape index (κ2) is 5.89. The highest BCUT2D eigenvalue weighted by molar-refractivity contribution is 14.1. The highest BCUT2D eigenvalue weighted by Crippen LogP contribution is 2.22. The molecule has 0 bridgehead atoms. The lowest BCUT2D eigenvalue weighted by Crippen LogP contribution is -2.37. The SMILES string of the molecule is O=c1[nH]cnc(N(CCCl)CC(F)(F)F)c1I. The Balaban J connectivity index is 3.05. The molecule has 0 spiro atoms. The minimum atomic E-state index is -4.38. The smallest absolute Gasteiger partial charge is 0.345 e. The molecule has 1 rings (SSSR count). The van der Waals surface area contributed by atoms with Crippen molar-refractivity contribution in [1.29, 1.82) is 0 Å². The van der Waals surface area contributed by atoms with Crippen molar-refractivity contribution in [3.8, 4) is 0 Å². The summed E-state index contributed by atoms with van der Waals surface area (Å²) in [5.74, 6) is 0.00742. The number of hydrogen-bond acceptors (Lipinski definition) is 3. The second-order valence-corrected chi connectivity index (χ2v) is 4.55. The average molecular weight is 382 g/mol. The van der Waals surface area contributed by atoms with E-state index in [1.165, 1.54) is 0 Å². The number of nitrogens with zero attached hydrogens (tertiary/aromatic N) is 2. The van der Waals surface area contributed by atoms with Crippen LogP contribution in [-0.4, -0.2) is 35.1 Å². The van der Waals surface area contributed by atoms with Gasteiger partial charge in [-0.15, -0.1) is 11.6 Å². The molecule has 1 N–H and O–H groups in total. The first-order chi connectivity index (χ1) is 7.85. The summed E-state index contributed by atoms with van der Waals surface area (Å²) < 4.78 is 37.1. The Morgan fingerprint density at radius 1 is 1.53 bits per heavy atom. The van der Waals surface area contributed by atoms with Crippen molar-refractivity contribution in [3.63, 3.8) is 0 Å². The van der Waals surface area contributed by atoms with Crippen LogP contribution >= 0.6 is 34.2 Å². The van der Waals surface area contributed by atoms with Gasteiger partial charge in [0.05, 0.1) is 6.33 Å². The van der Waals surface area contributed by atoms with Gasteiger partial charge in [-0.05, 0) is 22.6 Å². The number of H-pyrrole nitrogens is 1. The number of alkyl halides is 4. The molecule has 1 aromatic heterocycles. The Morgan fingerprint density at radius 2 is 2.18 bits per heavy atom. The number of nitrogens with one attached hydrogen (secondary N) is 1. The van der Waals surface area contributed by atoms with E-state index in [4.69, 9.17) is 11.6 Å². The van der Waals surface area contributed by atoms with Crippen LogP contribution in [0.3, 0.4) is 0 Å². The van der Waals surface area contributed by atoms with Crippen molar-refractivity contribution >= 4 is 40.0 Å².